The van der Waals surface area contributed by atoms with E-state index in [0.717, 1.165) is 61.4 Å². The summed E-state index contributed by atoms with van der Waals surface area (Å²) < 4.78 is 12.2. The molecule has 33 heavy (non-hydrogen) atoms. The number of rotatable bonds is 6. The predicted octanol–water partition coefficient (Wildman–Crippen LogP) is 7.41. The number of halogens is 2. The third-order valence-electron chi connectivity index (χ3n) is 7.56. The van der Waals surface area contributed by atoms with Crippen molar-refractivity contribution in [3.05, 3.63) is 69.4 Å². The van der Waals surface area contributed by atoms with E-state index >= 15 is 0 Å². The second-order valence-electron chi connectivity index (χ2n) is 10.1. The summed E-state index contributed by atoms with van der Waals surface area (Å²) in [5.41, 5.74) is 5.53. The molecule has 172 valence electrons. The van der Waals surface area contributed by atoms with Gasteiger partial charge in [-0.25, -0.2) is 0 Å². The van der Waals surface area contributed by atoms with Crippen molar-refractivity contribution in [1.29, 1.82) is 0 Å². The second kappa shape index (κ2) is 8.33. The highest BCUT2D eigenvalue weighted by Gasteiger charge is 2.49. The molecule has 0 atom stereocenters. The normalized spacial score (nSPS) is 24.5. The zero-order valence-electron chi connectivity index (χ0n) is 18.8. The first-order valence-electron chi connectivity index (χ1n) is 11.9. The van der Waals surface area contributed by atoms with Gasteiger partial charge in [0, 0.05) is 35.8 Å². The monoisotopic (exact) mass is 482 g/mol. The quantitative estimate of drug-likeness (QED) is 0.366. The van der Waals surface area contributed by atoms with E-state index in [1.807, 2.05) is 18.2 Å². The number of hydrogen-bond donors (Lipinski definition) is 0. The van der Waals surface area contributed by atoms with Crippen molar-refractivity contribution in [2.24, 2.45) is 5.41 Å². The van der Waals surface area contributed by atoms with E-state index in [4.69, 9.17) is 32.5 Å². The average Bonchev–Trinajstić information content (AvgIpc) is 3.37. The Balaban J connectivity index is 1.14. The first-order valence-corrected chi connectivity index (χ1v) is 12.6. The highest BCUT2D eigenvalue weighted by atomic mass is 35.5. The van der Waals surface area contributed by atoms with Gasteiger partial charge in [0.1, 0.15) is 11.5 Å². The van der Waals surface area contributed by atoms with Gasteiger partial charge in [0.25, 0.3) is 0 Å². The number of aryl methyl sites for hydroxylation is 1. The molecule has 4 nitrogen and oxygen atoms in total. The summed E-state index contributed by atoms with van der Waals surface area (Å²) in [6.45, 7) is 4.90. The second-order valence-corrected chi connectivity index (χ2v) is 10.9. The molecule has 1 spiro atoms. The fourth-order valence-corrected chi connectivity index (χ4v) is 6.16. The first kappa shape index (κ1) is 21.5. The molecule has 2 aliphatic carbocycles. The maximum Gasteiger partial charge on any atom is 0.145 e. The summed E-state index contributed by atoms with van der Waals surface area (Å²) in [5, 5.41) is 5.56. The van der Waals surface area contributed by atoms with Crippen molar-refractivity contribution >= 4 is 28.9 Å². The molecule has 3 aromatic rings. The van der Waals surface area contributed by atoms with E-state index in [-0.39, 0.29) is 6.10 Å². The summed E-state index contributed by atoms with van der Waals surface area (Å²) >= 11 is 13.0. The fourth-order valence-electron chi connectivity index (χ4n) is 5.59. The van der Waals surface area contributed by atoms with Crippen LogP contribution in [-0.2, 0) is 11.3 Å². The minimum absolute atomic E-state index is 0.277. The van der Waals surface area contributed by atoms with Gasteiger partial charge < -0.3 is 14.2 Å². The maximum absolute atomic E-state index is 6.49. The average molecular weight is 483 g/mol. The molecule has 3 fully saturated rings. The van der Waals surface area contributed by atoms with Crippen LogP contribution in [0.5, 0.6) is 0 Å². The van der Waals surface area contributed by atoms with E-state index in [0.29, 0.717) is 28.0 Å². The van der Waals surface area contributed by atoms with Crippen LogP contribution in [0.4, 0.5) is 5.69 Å². The van der Waals surface area contributed by atoms with E-state index in [2.05, 4.69) is 41.2 Å². The Bertz CT molecular complexity index is 1160. The van der Waals surface area contributed by atoms with Crippen LogP contribution in [0.3, 0.4) is 0 Å². The van der Waals surface area contributed by atoms with Gasteiger partial charge in [-0.05, 0) is 74.3 Å². The SMILES string of the molecule is Cc1cccc(N2CCC3(CC(OCc4c(-c5c(Cl)cccc5Cl)noc4C4CC4)C3)C2)c1. The largest absolute Gasteiger partial charge is 0.373 e. The van der Waals surface area contributed by atoms with Crippen LogP contribution in [0.25, 0.3) is 11.3 Å². The van der Waals surface area contributed by atoms with Crippen LogP contribution in [0.2, 0.25) is 10.0 Å². The van der Waals surface area contributed by atoms with E-state index < -0.39 is 0 Å². The molecule has 0 N–H and O–H groups in total. The Labute approximate surface area is 204 Å². The van der Waals surface area contributed by atoms with Crippen molar-refractivity contribution in [2.75, 3.05) is 18.0 Å². The van der Waals surface area contributed by atoms with Gasteiger partial charge in [0.05, 0.1) is 22.8 Å². The Morgan fingerprint density at radius 3 is 2.61 bits per heavy atom. The molecule has 0 amide bonds. The molecule has 0 radical (unpaired) electrons. The van der Waals surface area contributed by atoms with Gasteiger partial charge in [-0.1, -0.05) is 46.6 Å². The maximum atomic E-state index is 6.49. The smallest absolute Gasteiger partial charge is 0.145 e. The Morgan fingerprint density at radius 1 is 1.12 bits per heavy atom. The summed E-state index contributed by atoms with van der Waals surface area (Å²) in [6, 6.07) is 14.4. The van der Waals surface area contributed by atoms with Crippen LogP contribution in [0.1, 0.15) is 54.9 Å². The number of ether oxygens (including phenoxy) is 1. The van der Waals surface area contributed by atoms with Gasteiger partial charge in [0.15, 0.2) is 0 Å². The predicted molar refractivity (Wildman–Crippen MR) is 132 cm³/mol. The van der Waals surface area contributed by atoms with Gasteiger partial charge in [-0.3, -0.25) is 0 Å². The number of aromatic nitrogens is 1. The molecule has 2 saturated carbocycles. The molecule has 2 aromatic carbocycles. The van der Waals surface area contributed by atoms with Crippen LogP contribution in [0.15, 0.2) is 47.0 Å². The number of anilines is 1. The van der Waals surface area contributed by atoms with Gasteiger partial charge in [0.2, 0.25) is 0 Å². The van der Waals surface area contributed by atoms with Gasteiger partial charge >= 0.3 is 0 Å². The van der Waals surface area contributed by atoms with Crippen molar-refractivity contribution in [1.82, 2.24) is 5.16 Å². The highest BCUT2D eigenvalue weighted by Crippen LogP contribution is 2.51. The zero-order valence-corrected chi connectivity index (χ0v) is 20.3. The van der Waals surface area contributed by atoms with Crippen molar-refractivity contribution in [3.63, 3.8) is 0 Å². The first-order chi connectivity index (χ1) is 16.0. The Kier molecular flexibility index (Phi) is 5.44. The summed E-state index contributed by atoms with van der Waals surface area (Å²) in [7, 11) is 0. The summed E-state index contributed by atoms with van der Waals surface area (Å²) in [4.78, 5) is 2.53. The minimum atomic E-state index is 0.277. The molecular weight excluding hydrogens is 455 g/mol. The Morgan fingerprint density at radius 2 is 1.88 bits per heavy atom. The fraction of sp³-hybridized carbons (Fsp3) is 0.444. The van der Waals surface area contributed by atoms with Crippen molar-refractivity contribution in [2.45, 2.75) is 57.7 Å². The number of nitrogens with zero attached hydrogens (tertiary/aromatic N) is 2. The number of benzene rings is 2. The molecule has 0 unspecified atom stereocenters. The van der Waals surface area contributed by atoms with Gasteiger partial charge in [-0.2, -0.15) is 0 Å². The molecule has 6 heteroatoms. The van der Waals surface area contributed by atoms with E-state index in [1.54, 1.807) is 0 Å². The lowest BCUT2D eigenvalue weighted by molar-refractivity contribution is -0.0796. The molecule has 3 aliphatic rings. The molecule has 1 aliphatic heterocycles. The highest BCUT2D eigenvalue weighted by molar-refractivity contribution is 6.39. The van der Waals surface area contributed by atoms with Crippen LogP contribution in [-0.4, -0.2) is 24.4 Å². The van der Waals surface area contributed by atoms with E-state index in [9.17, 15) is 0 Å². The topological polar surface area (TPSA) is 38.5 Å². The molecule has 2 heterocycles. The minimum Gasteiger partial charge on any atom is -0.373 e. The molecule has 1 saturated heterocycles. The summed E-state index contributed by atoms with van der Waals surface area (Å²) in [6.07, 6.45) is 6.02. The molecule has 0 bridgehead atoms. The lowest BCUT2D eigenvalue weighted by Crippen LogP contribution is -2.44. The van der Waals surface area contributed by atoms with Crippen LogP contribution < -0.4 is 4.90 Å². The van der Waals surface area contributed by atoms with E-state index in [1.165, 1.54) is 17.7 Å². The van der Waals surface area contributed by atoms with Crippen molar-refractivity contribution in [3.8, 4) is 11.3 Å². The molecule has 1 aromatic heterocycles. The van der Waals surface area contributed by atoms with Crippen LogP contribution in [0, 0.1) is 12.3 Å². The third kappa shape index (κ3) is 4.07. The molecule has 6 rings (SSSR count). The number of hydrogen-bond acceptors (Lipinski definition) is 4. The zero-order chi connectivity index (χ0) is 22.6. The third-order valence-corrected chi connectivity index (χ3v) is 8.19. The molecular formula is C27H28Cl2N2O2. The van der Waals surface area contributed by atoms with Crippen molar-refractivity contribution < 1.29 is 9.26 Å². The van der Waals surface area contributed by atoms with Gasteiger partial charge in [-0.15, -0.1) is 0 Å². The summed E-state index contributed by atoms with van der Waals surface area (Å²) in [5.74, 6) is 1.39. The lowest BCUT2D eigenvalue weighted by atomic mass is 9.66. The van der Waals surface area contributed by atoms with Crippen LogP contribution >= 0.6 is 23.2 Å². The standard InChI is InChI=1S/C27H28Cl2N2O2/c1-17-4-2-5-19(12-17)31-11-10-27(16-31)13-20(14-27)32-15-21-25(30-33-26(21)18-8-9-18)24-22(28)6-3-7-23(24)29/h2-7,12,18,20H,8-11,13-16H2,1H3. The lowest BCUT2D eigenvalue weighted by Gasteiger charge is -2.45. The Hall–Kier alpha value is -2.01.